The minimum Gasteiger partial charge on any atom is -0.478 e. The van der Waals surface area contributed by atoms with Gasteiger partial charge in [0.15, 0.2) is 0 Å². The van der Waals surface area contributed by atoms with Gasteiger partial charge in [0.05, 0.1) is 11.3 Å². The second-order valence-electron chi connectivity index (χ2n) is 5.73. The number of aromatic nitrogens is 2. The molecule has 0 fully saturated rings. The van der Waals surface area contributed by atoms with Crippen LogP contribution in [0.5, 0.6) is 0 Å². The fourth-order valence-electron chi connectivity index (χ4n) is 3.05. The lowest BCUT2D eigenvalue weighted by Crippen LogP contribution is -2.25. The summed E-state index contributed by atoms with van der Waals surface area (Å²) in [7, 11) is 0. The maximum Gasteiger partial charge on any atom is 0.337 e. The van der Waals surface area contributed by atoms with Gasteiger partial charge in [-0.15, -0.1) is 11.3 Å². The molecule has 0 spiro atoms. The Hall–Kier alpha value is -2.73. The van der Waals surface area contributed by atoms with Crippen LogP contribution in [0.25, 0.3) is 17.3 Å². The molecule has 3 heterocycles. The summed E-state index contributed by atoms with van der Waals surface area (Å²) in [6, 6.07) is 7.10. The highest BCUT2D eigenvalue weighted by Gasteiger charge is 2.21. The van der Waals surface area contributed by atoms with Crippen molar-refractivity contribution in [2.24, 2.45) is 0 Å². The van der Waals surface area contributed by atoms with Crippen LogP contribution in [0.1, 0.15) is 39.3 Å². The van der Waals surface area contributed by atoms with E-state index in [1.807, 2.05) is 17.5 Å². The minimum absolute atomic E-state index is 0.0801. The van der Waals surface area contributed by atoms with Crippen molar-refractivity contribution in [2.75, 3.05) is 0 Å². The number of pyridine rings is 1. The van der Waals surface area contributed by atoms with E-state index in [0.29, 0.717) is 17.6 Å². The molecule has 1 aliphatic carbocycles. The van der Waals surface area contributed by atoms with E-state index in [1.165, 1.54) is 16.7 Å². The first-order valence-electron chi connectivity index (χ1n) is 7.66. The van der Waals surface area contributed by atoms with Crippen LogP contribution in [0.2, 0.25) is 0 Å². The van der Waals surface area contributed by atoms with Gasteiger partial charge < -0.3 is 5.11 Å². The third-order valence-corrected chi connectivity index (χ3v) is 5.02. The highest BCUT2D eigenvalue weighted by Crippen LogP contribution is 2.30. The number of carboxylic acids is 1. The molecule has 5 nitrogen and oxygen atoms in total. The quantitative estimate of drug-likeness (QED) is 0.778. The third-order valence-electron chi connectivity index (χ3n) is 4.20. The van der Waals surface area contributed by atoms with Gasteiger partial charge in [-0.05, 0) is 54.5 Å². The summed E-state index contributed by atoms with van der Waals surface area (Å²) in [6.45, 7) is 0. The maximum atomic E-state index is 12.8. The average Bonchev–Trinajstić information content (AvgIpc) is 3.08. The first-order valence-corrected chi connectivity index (χ1v) is 8.54. The monoisotopic (exact) mass is 338 g/mol. The second-order valence-corrected chi connectivity index (χ2v) is 6.71. The van der Waals surface area contributed by atoms with Crippen molar-refractivity contribution in [3.8, 4) is 0 Å². The Labute approximate surface area is 141 Å². The summed E-state index contributed by atoms with van der Waals surface area (Å²) in [5.41, 5.74) is 2.88. The number of hydrogen-bond acceptors (Lipinski definition) is 4. The third kappa shape index (κ3) is 2.45. The van der Waals surface area contributed by atoms with E-state index in [4.69, 9.17) is 5.11 Å². The Morgan fingerprint density at radius 2 is 2.17 bits per heavy atom. The molecule has 3 aromatic rings. The second kappa shape index (κ2) is 5.72. The molecular formula is C18H14N2O3S. The number of aromatic carboxylic acids is 1. The number of rotatable bonds is 2. The predicted octanol–water partition coefficient (Wildman–Crippen LogP) is 3.33. The standard InChI is InChI=1S/C18H14N2O3S/c21-17-14-5-1-3-11(9-13-4-2-8-24-13)16(14)19-15-7-6-12(18(22)23)10-20(15)17/h2,4,6-10H,1,3,5H2,(H,22,23). The number of hydrogen-bond donors (Lipinski definition) is 1. The molecule has 4 rings (SSSR count). The van der Waals surface area contributed by atoms with Gasteiger partial charge in [0.25, 0.3) is 5.56 Å². The number of allylic oxidation sites excluding steroid dienone is 1. The maximum absolute atomic E-state index is 12.8. The van der Waals surface area contributed by atoms with Gasteiger partial charge in [0, 0.05) is 16.6 Å². The molecule has 0 saturated carbocycles. The van der Waals surface area contributed by atoms with Crippen LogP contribution < -0.4 is 5.56 Å². The van der Waals surface area contributed by atoms with Crippen molar-refractivity contribution in [1.82, 2.24) is 9.38 Å². The van der Waals surface area contributed by atoms with Gasteiger partial charge in [-0.3, -0.25) is 9.20 Å². The van der Waals surface area contributed by atoms with E-state index < -0.39 is 5.97 Å². The molecule has 3 aromatic heterocycles. The van der Waals surface area contributed by atoms with Gasteiger partial charge in [-0.2, -0.15) is 0 Å². The van der Waals surface area contributed by atoms with Gasteiger partial charge in [0.2, 0.25) is 0 Å². The van der Waals surface area contributed by atoms with Gasteiger partial charge in [-0.25, -0.2) is 9.78 Å². The fraction of sp³-hybridized carbons (Fsp3) is 0.167. The fourth-order valence-corrected chi connectivity index (χ4v) is 3.73. The van der Waals surface area contributed by atoms with E-state index in [9.17, 15) is 9.59 Å². The summed E-state index contributed by atoms with van der Waals surface area (Å²) in [4.78, 5) is 29.7. The van der Waals surface area contributed by atoms with Crippen molar-refractivity contribution in [2.45, 2.75) is 19.3 Å². The zero-order chi connectivity index (χ0) is 16.7. The Balaban J connectivity index is 1.94. The van der Waals surface area contributed by atoms with E-state index in [0.717, 1.165) is 29.0 Å². The number of carboxylic acid groups (broad SMARTS) is 1. The Bertz CT molecular complexity index is 1030. The lowest BCUT2D eigenvalue weighted by molar-refractivity contribution is 0.0696. The zero-order valence-electron chi connectivity index (χ0n) is 12.7. The van der Waals surface area contributed by atoms with Gasteiger partial charge in [-0.1, -0.05) is 6.07 Å². The molecule has 0 aromatic carbocycles. The van der Waals surface area contributed by atoms with Crippen LogP contribution in [0, 0.1) is 0 Å². The van der Waals surface area contributed by atoms with Crippen LogP contribution >= 0.6 is 11.3 Å². The van der Waals surface area contributed by atoms with Crippen molar-refractivity contribution < 1.29 is 9.90 Å². The molecule has 0 saturated heterocycles. The summed E-state index contributed by atoms with van der Waals surface area (Å²) in [6.07, 6.45) is 5.90. The molecular weight excluding hydrogens is 324 g/mol. The summed E-state index contributed by atoms with van der Waals surface area (Å²) in [5.74, 6) is -1.06. The van der Waals surface area contributed by atoms with Crippen molar-refractivity contribution >= 4 is 34.6 Å². The van der Waals surface area contributed by atoms with Crippen LogP contribution in [-0.4, -0.2) is 20.5 Å². The van der Waals surface area contributed by atoms with Crippen LogP contribution in [0.3, 0.4) is 0 Å². The lowest BCUT2D eigenvalue weighted by atomic mass is 9.91. The predicted molar refractivity (Wildman–Crippen MR) is 93.5 cm³/mol. The first kappa shape index (κ1) is 14.8. The lowest BCUT2D eigenvalue weighted by Gasteiger charge is -2.18. The average molecular weight is 338 g/mol. The Morgan fingerprint density at radius 1 is 1.29 bits per heavy atom. The van der Waals surface area contributed by atoms with Crippen molar-refractivity contribution in [3.05, 3.63) is 67.9 Å². The topological polar surface area (TPSA) is 71.7 Å². The van der Waals surface area contributed by atoms with E-state index >= 15 is 0 Å². The summed E-state index contributed by atoms with van der Waals surface area (Å²) >= 11 is 1.65. The first-order chi connectivity index (χ1) is 11.6. The molecule has 0 radical (unpaired) electrons. The molecule has 1 N–H and O–H groups in total. The molecule has 6 heteroatoms. The SMILES string of the molecule is O=C(O)c1ccc2nc3c(c(=O)n2c1)CCCC3=Cc1cccs1. The Morgan fingerprint density at radius 3 is 2.92 bits per heavy atom. The number of carbonyl (C=O) groups is 1. The molecule has 0 unspecified atom stereocenters. The molecule has 0 amide bonds. The van der Waals surface area contributed by atoms with Crippen LogP contribution in [-0.2, 0) is 6.42 Å². The molecule has 120 valence electrons. The van der Waals surface area contributed by atoms with Crippen molar-refractivity contribution in [3.63, 3.8) is 0 Å². The normalized spacial score (nSPS) is 15.6. The van der Waals surface area contributed by atoms with E-state index in [-0.39, 0.29) is 11.1 Å². The van der Waals surface area contributed by atoms with Gasteiger partial charge >= 0.3 is 5.97 Å². The van der Waals surface area contributed by atoms with Crippen LogP contribution in [0.15, 0.2) is 40.6 Å². The molecule has 1 aliphatic rings. The van der Waals surface area contributed by atoms with Crippen molar-refractivity contribution in [1.29, 1.82) is 0 Å². The number of thiophene rings is 1. The van der Waals surface area contributed by atoms with E-state index in [2.05, 4.69) is 11.1 Å². The summed E-state index contributed by atoms with van der Waals surface area (Å²) < 4.78 is 1.34. The number of fused-ring (bicyclic) bond motifs is 2. The highest BCUT2D eigenvalue weighted by atomic mass is 32.1. The van der Waals surface area contributed by atoms with E-state index in [1.54, 1.807) is 17.4 Å². The Kier molecular flexibility index (Phi) is 3.54. The highest BCUT2D eigenvalue weighted by molar-refractivity contribution is 7.10. The zero-order valence-corrected chi connectivity index (χ0v) is 13.5. The van der Waals surface area contributed by atoms with Gasteiger partial charge in [0.1, 0.15) is 5.65 Å². The molecule has 0 aliphatic heterocycles. The molecule has 24 heavy (non-hydrogen) atoms. The summed E-state index contributed by atoms with van der Waals surface area (Å²) in [5, 5.41) is 11.1. The minimum atomic E-state index is -1.06. The van der Waals surface area contributed by atoms with Crippen LogP contribution in [0.4, 0.5) is 0 Å². The molecule has 0 bridgehead atoms. The molecule has 0 atom stereocenters. The smallest absolute Gasteiger partial charge is 0.337 e. The number of nitrogens with zero attached hydrogens (tertiary/aromatic N) is 2. The largest absolute Gasteiger partial charge is 0.478 e.